The molecule has 3 nitrogen and oxygen atoms in total. The van der Waals surface area contributed by atoms with Gasteiger partial charge in [0.25, 0.3) is 0 Å². The lowest BCUT2D eigenvalue weighted by Crippen LogP contribution is -2.39. The summed E-state index contributed by atoms with van der Waals surface area (Å²) in [5.74, 6) is 0. The average molecular weight is 172 g/mol. The standard InChI is InChI=1S/C7H16N2O.C2H4/c1-8-2-3-9-4-6-10-7-5-9;1-2/h8H,2-7H2,1H3;1-2H2. The van der Waals surface area contributed by atoms with Crippen LogP contribution in [0, 0.1) is 0 Å². The molecule has 1 N–H and O–H groups in total. The van der Waals surface area contributed by atoms with Gasteiger partial charge < -0.3 is 10.1 Å². The van der Waals surface area contributed by atoms with Crippen molar-refractivity contribution in [3.05, 3.63) is 13.2 Å². The normalized spacial score (nSPS) is 18.1. The molecule has 12 heavy (non-hydrogen) atoms. The van der Waals surface area contributed by atoms with Gasteiger partial charge in [-0.1, -0.05) is 0 Å². The van der Waals surface area contributed by atoms with Gasteiger partial charge in [-0.25, -0.2) is 0 Å². The Morgan fingerprint density at radius 3 is 2.42 bits per heavy atom. The van der Waals surface area contributed by atoms with E-state index in [-0.39, 0.29) is 0 Å². The molecule has 0 saturated carbocycles. The van der Waals surface area contributed by atoms with Crippen LogP contribution in [0.4, 0.5) is 0 Å². The Morgan fingerprint density at radius 1 is 1.33 bits per heavy atom. The van der Waals surface area contributed by atoms with E-state index in [0.29, 0.717) is 0 Å². The number of nitrogens with zero attached hydrogens (tertiary/aromatic N) is 1. The van der Waals surface area contributed by atoms with Crippen molar-refractivity contribution in [2.75, 3.05) is 46.4 Å². The van der Waals surface area contributed by atoms with Crippen LogP contribution in [-0.2, 0) is 4.74 Å². The molecule has 0 aromatic heterocycles. The Labute approximate surface area is 75.4 Å². The highest BCUT2D eigenvalue weighted by atomic mass is 16.5. The summed E-state index contributed by atoms with van der Waals surface area (Å²) in [5.41, 5.74) is 0. The molecule has 0 aromatic rings. The van der Waals surface area contributed by atoms with Gasteiger partial charge in [-0.05, 0) is 7.05 Å². The van der Waals surface area contributed by atoms with Crippen LogP contribution in [0.1, 0.15) is 0 Å². The molecule has 0 amide bonds. The van der Waals surface area contributed by atoms with E-state index >= 15 is 0 Å². The first-order valence-corrected chi connectivity index (χ1v) is 4.38. The van der Waals surface area contributed by atoms with E-state index in [2.05, 4.69) is 23.4 Å². The summed E-state index contributed by atoms with van der Waals surface area (Å²) in [7, 11) is 1.99. The molecule has 0 bridgehead atoms. The third-order valence-electron chi connectivity index (χ3n) is 1.78. The number of rotatable bonds is 3. The summed E-state index contributed by atoms with van der Waals surface area (Å²) in [6.45, 7) is 12.2. The van der Waals surface area contributed by atoms with E-state index in [1.165, 1.54) is 0 Å². The first-order valence-electron chi connectivity index (χ1n) is 4.38. The Kier molecular flexibility index (Phi) is 8.44. The molecule has 1 fully saturated rings. The molecule has 1 rings (SSSR count). The van der Waals surface area contributed by atoms with Crippen molar-refractivity contribution in [1.29, 1.82) is 0 Å². The Hall–Kier alpha value is -0.380. The van der Waals surface area contributed by atoms with Gasteiger partial charge in [0.15, 0.2) is 0 Å². The molecular weight excluding hydrogens is 152 g/mol. The van der Waals surface area contributed by atoms with E-state index in [1.807, 2.05) is 7.05 Å². The van der Waals surface area contributed by atoms with E-state index in [1.54, 1.807) is 0 Å². The van der Waals surface area contributed by atoms with Crippen molar-refractivity contribution in [2.24, 2.45) is 0 Å². The predicted molar refractivity (Wildman–Crippen MR) is 52.4 cm³/mol. The van der Waals surface area contributed by atoms with Gasteiger partial charge in [0.2, 0.25) is 0 Å². The van der Waals surface area contributed by atoms with Gasteiger partial charge in [-0.3, -0.25) is 4.90 Å². The number of likely N-dealkylation sites (N-methyl/N-ethyl adjacent to an activating group) is 1. The summed E-state index contributed by atoms with van der Waals surface area (Å²) in [6.07, 6.45) is 0. The van der Waals surface area contributed by atoms with Crippen LogP contribution in [0.25, 0.3) is 0 Å². The molecule has 0 unspecified atom stereocenters. The van der Waals surface area contributed by atoms with Gasteiger partial charge in [0.1, 0.15) is 0 Å². The molecule has 0 atom stereocenters. The first-order chi connectivity index (χ1) is 5.93. The van der Waals surface area contributed by atoms with Crippen molar-refractivity contribution >= 4 is 0 Å². The number of hydrogen-bond donors (Lipinski definition) is 1. The minimum absolute atomic E-state index is 0.906. The van der Waals surface area contributed by atoms with Gasteiger partial charge in [0, 0.05) is 26.2 Å². The van der Waals surface area contributed by atoms with Crippen LogP contribution >= 0.6 is 0 Å². The molecule has 0 spiro atoms. The molecule has 72 valence electrons. The van der Waals surface area contributed by atoms with E-state index in [9.17, 15) is 0 Å². The van der Waals surface area contributed by atoms with Gasteiger partial charge in [0.05, 0.1) is 13.2 Å². The highest BCUT2D eigenvalue weighted by molar-refractivity contribution is 4.61. The Balaban J connectivity index is 0.000000561. The van der Waals surface area contributed by atoms with Crippen molar-refractivity contribution in [3.8, 4) is 0 Å². The average Bonchev–Trinajstić information content (AvgIpc) is 2.19. The summed E-state index contributed by atoms with van der Waals surface area (Å²) in [6, 6.07) is 0. The van der Waals surface area contributed by atoms with Crippen molar-refractivity contribution < 1.29 is 4.74 Å². The maximum absolute atomic E-state index is 5.22. The number of nitrogens with one attached hydrogen (secondary N) is 1. The summed E-state index contributed by atoms with van der Waals surface area (Å²) in [4.78, 5) is 2.42. The van der Waals surface area contributed by atoms with E-state index < -0.39 is 0 Å². The number of ether oxygens (including phenoxy) is 1. The number of morpholine rings is 1. The zero-order valence-corrected chi connectivity index (χ0v) is 8.01. The highest BCUT2D eigenvalue weighted by Crippen LogP contribution is 1.94. The van der Waals surface area contributed by atoms with Crippen molar-refractivity contribution in [3.63, 3.8) is 0 Å². The van der Waals surface area contributed by atoms with Crippen LogP contribution < -0.4 is 5.32 Å². The van der Waals surface area contributed by atoms with Gasteiger partial charge in [-0.2, -0.15) is 0 Å². The molecule has 1 heterocycles. The zero-order chi connectivity index (χ0) is 9.23. The third-order valence-corrected chi connectivity index (χ3v) is 1.78. The SMILES string of the molecule is C=C.CNCCN1CCOCC1. The Bertz CT molecular complexity index is 92.5. The highest BCUT2D eigenvalue weighted by Gasteiger charge is 2.07. The van der Waals surface area contributed by atoms with Crippen LogP contribution in [0.3, 0.4) is 0 Å². The first kappa shape index (κ1) is 11.6. The second-order valence-electron chi connectivity index (χ2n) is 2.56. The minimum atomic E-state index is 0.906. The van der Waals surface area contributed by atoms with E-state index in [4.69, 9.17) is 4.74 Å². The molecular formula is C9H20N2O. The van der Waals surface area contributed by atoms with Crippen molar-refractivity contribution in [1.82, 2.24) is 10.2 Å². The topological polar surface area (TPSA) is 24.5 Å². The fourth-order valence-corrected chi connectivity index (χ4v) is 1.09. The summed E-state index contributed by atoms with van der Waals surface area (Å²) >= 11 is 0. The van der Waals surface area contributed by atoms with Crippen molar-refractivity contribution in [2.45, 2.75) is 0 Å². The fourth-order valence-electron chi connectivity index (χ4n) is 1.09. The van der Waals surface area contributed by atoms with Crippen LogP contribution in [0.2, 0.25) is 0 Å². The lowest BCUT2D eigenvalue weighted by atomic mass is 10.4. The maximum Gasteiger partial charge on any atom is 0.0594 e. The van der Waals surface area contributed by atoms with Gasteiger partial charge in [-0.15, -0.1) is 13.2 Å². The smallest absolute Gasteiger partial charge is 0.0594 e. The largest absolute Gasteiger partial charge is 0.379 e. The maximum atomic E-state index is 5.22. The van der Waals surface area contributed by atoms with Crippen LogP contribution in [0.5, 0.6) is 0 Å². The zero-order valence-electron chi connectivity index (χ0n) is 8.01. The fraction of sp³-hybridized carbons (Fsp3) is 0.778. The van der Waals surface area contributed by atoms with Crippen LogP contribution in [-0.4, -0.2) is 51.3 Å². The monoisotopic (exact) mass is 172 g/mol. The van der Waals surface area contributed by atoms with Crippen LogP contribution in [0.15, 0.2) is 13.2 Å². The third kappa shape index (κ3) is 5.29. The summed E-state index contributed by atoms with van der Waals surface area (Å²) < 4.78 is 5.22. The molecule has 1 saturated heterocycles. The molecule has 0 aromatic carbocycles. The lowest BCUT2D eigenvalue weighted by molar-refractivity contribution is 0.0386. The summed E-state index contributed by atoms with van der Waals surface area (Å²) in [5, 5.41) is 3.13. The number of hydrogen-bond acceptors (Lipinski definition) is 3. The molecule has 0 aliphatic carbocycles. The molecule has 3 heteroatoms. The quantitative estimate of drug-likeness (QED) is 0.621. The van der Waals surface area contributed by atoms with E-state index in [0.717, 1.165) is 39.4 Å². The molecule has 0 radical (unpaired) electrons. The second-order valence-corrected chi connectivity index (χ2v) is 2.56. The van der Waals surface area contributed by atoms with Gasteiger partial charge >= 0.3 is 0 Å². The lowest BCUT2D eigenvalue weighted by Gasteiger charge is -2.26. The molecule has 1 aliphatic rings. The molecule has 1 aliphatic heterocycles. The Morgan fingerprint density at radius 2 is 1.92 bits per heavy atom. The second kappa shape index (κ2) is 8.71. The minimum Gasteiger partial charge on any atom is -0.379 e. The predicted octanol–water partition coefficient (Wildman–Crippen LogP) is 0.340.